The van der Waals surface area contributed by atoms with Crippen molar-refractivity contribution in [3.8, 4) is 5.75 Å². The molecule has 22 heavy (non-hydrogen) atoms. The van der Waals surface area contributed by atoms with Crippen molar-refractivity contribution in [2.24, 2.45) is 4.99 Å². The minimum absolute atomic E-state index is 0.245. The van der Waals surface area contributed by atoms with E-state index in [1.807, 2.05) is 56.3 Å². The SMILES string of the molecule is Cc1cc(Br)cc(C)c1N=Cc1c(O)ccc2ccccc12. The number of phenols is 1. The van der Waals surface area contributed by atoms with Crippen LogP contribution in [0.25, 0.3) is 10.8 Å². The lowest BCUT2D eigenvalue weighted by molar-refractivity contribution is 0.475. The first-order chi connectivity index (χ1) is 10.6. The zero-order valence-corrected chi connectivity index (χ0v) is 14.1. The number of halogens is 1. The number of fused-ring (bicyclic) bond motifs is 1. The predicted octanol–water partition coefficient (Wildman–Crippen LogP) is 5.68. The van der Waals surface area contributed by atoms with E-state index in [9.17, 15) is 5.11 Å². The Balaban J connectivity index is 2.13. The van der Waals surface area contributed by atoms with Crippen LogP contribution in [-0.2, 0) is 0 Å². The van der Waals surface area contributed by atoms with Crippen molar-refractivity contribution in [3.63, 3.8) is 0 Å². The van der Waals surface area contributed by atoms with Gasteiger partial charge in [-0.25, -0.2) is 0 Å². The smallest absolute Gasteiger partial charge is 0.124 e. The van der Waals surface area contributed by atoms with Gasteiger partial charge in [0.25, 0.3) is 0 Å². The summed E-state index contributed by atoms with van der Waals surface area (Å²) in [6.45, 7) is 4.07. The largest absolute Gasteiger partial charge is 0.507 e. The summed E-state index contributed by atoms with van der Waals surface area (Å²) in [4.78, 5) is 4.62. The van der Waals surface area contributed by atoms with Gasteiger partial charge in [0.15, 0.2) is 0 Å². The highest BCUT2D eigenvalue weighted by Gasteiger charge is 2.06. The lowest BCUT2D eigenvalue weighted by atomic mass is 10.0. The van der Waals surface area contributed by atoms with Crippen LogP contribution in [0.3, 0.4) is 0 Å². The maximum Gasteiger partial charge on any atom is 0.124 e. The molecular weight excluding hydrogens is 338 g/mol. The molecule has 3 heteroatoms. The molecule has 0 bridgehead atoms. The molecule has 0 fully saturated rings. The van der Waals surface area contributed by atoms with E-state index in [2.05, 4.69) is 20.9 Å². The van der Waals surface area contributed by atoms with Crippen LogP contribution in [0.2, 0.25) is 0 Å². The highest BCUT2D eigenvalue weighted by molar-refractivity contribution is 9.10. The van der Waals surface area contributed by atoms with Crippen LogP contribution >= 0.6 is 15.9 Å². The molecule has 0 aliphatic carbocycles. The number of aromatic hydroxyl groups is 1. The summed E-state index contributed by atoms with van der Waals surface area (Å²) in [6.07, 6.45) is 1.75. The Bertz CT molecular complexity index is 861. The van der Waals surface area contributed by atoms with Gasteiger partial charge < -0.3 is 5.11 Å². The molecule has 0 amide bonds. The zero-order chi connectivity index (χ0) is 15.7. The molecule has 0 aliphatic heterocycles. The van der Waals surface area contributed by atoms with Gasteiger partial charge in [0.05, 0.1) is 5.69 Å². The van der Waals surface area contributed by atoms with Gasteiger partial charge in [0, 0.05) is 16.3 Å². The summed E-state index contributed by atoms with van der Waals surface area (Å²) < 4.78 is 1.05. The van der Waals surface area contributed by atoms with E-state index < -0.39 is 0 Å². The molecule has 3 aromatic carbocycles. The maximum atomic E-state index is 10.2. The minimum Gasteiger partial charge on any atom is -0.507 e. The molecule has 110 valence electrons. The number of hydrogen-bond acceptors (Lipinski definition) is 2. The summed E-state index contributed by atoms with van der Waals surface area (Å²) in [6, 6.07) is 15.7. The number of rotatable bonds is 2. The minimum atomic E-state index is 0.245. The number of hydrogen-bond donors (Lipinski definition) is 1. The molecule has 0 aliphatic rings. The van der Waals surface area contributed by atoms with Crippen molar-refractivity contribution in [3.05, 3.63) is 69.7 Å². The first-order valence-corrected chi connectivity index (χ1v) is 7.87. The average Bonchev–Trinajstić information content (AvgIpc) is 2.48. The topological polar surface area (TPSA) is 32.6 Å². The Hall–Kier alpha value is -2.13. The summed E-state index contributed by atoms with van der Waals surface area (Å²) in [5, 5.41) is 12.3. The number of aryl methyl sites for hydroxylation is 2. The molecule has 3 aromatic rings. The van der Waals surface area contributed by atoms with Gasteiger partial charge in [0.2, 0.25) is 0 Å². The summed E-state index contributed by atoms with van der Waals surface area (Å²) >= 11 is 3.50. The quantitative estimate of drug-likeness (QED) is 0.591. The van der Waals surface area contributed by atoms with E-state index in [0.29, 0.717) is 0 Å². The Labute approximate surface area is 138 Å². The van der Waals surface area contributed by atoms with E-state index in [-0.39, 0.29) is 5.75 Å². The van der Waals surface area contributed by atoms with E-state index >= 15 is 0 Å². The third-order valence-corrected chi connectivity index (χ3v) is 4.18. The first-order valence-electron chi connectivity index (χ1n) is 7.08. The van der Waals surface area contributed by atoms with Crippen molar-refractivity contribution in [1.82, 2.24) is 0 Å². The fourth-order valence-electron chi connectivity index (χ4n) is 2.66. The Kier molecular flexibility index (Phi) is 3.99. The number of nitrogens with zero attached hydrogens (tertiary/aromatic N) is 1. The van der Waals surface area contributed by atoms with Crippen molar-refractivity contribution in [1.29, 1.82) is 0 Å². The molecule has 0 atom stereocenters. The first kappa shape index (κ1) is 14.8. The molecule has 2 nitrogen and oxygen atoms in total. The summed E-state index contributed by atoms with van der Waals surface area (Å²) in [5.41, 5.74) is 3.89. The number of phenolic OH excluding ortho intramolecular Hbond substituents is 1. The van der Waals surface area contributed by atoms with Gasteiger partial charge in [-0.05, 0) is 53.9 Å². The van der Waals surface area contributed by atoms with Gasteiger partial charge >= 0.3 is 0 Å². The van der Waals surface area contributed by atoms with Crippen LogP contribution in [0.15, 0.2) is 58.0 Å². The third kappa shape index (κ3) is 2.77. The number of benzene rings is 3. The van der Waals surface area contributed by atoms with Gasteiger partial charge in [-0.3, -0.25) is 4.99 Å². The molecule has 0 saturated heterocycles. The molecule has 0 aromatic heterocycles. The van der Waals surface area contributed by atoms with E-state index in [1.54, 1.807) is 12.3 Å². The van der Waals surface area contributed by atoms with E-state index in [1.165, 1.54) is 0 Å². The van der Waals surface area contributed by atoms with Crippen molar-refractivity contribution < 1.29 is 5.11 Å². The van der Waals surface area contributed by atoms with Crippen molar-refractivity contribution >= 4 is 38.6 Å². The predicted molar refractivity (Wildman–Crippen MR) is 96.5 cm³/mol. The van der Waals surface area contributed by atoms with Gasteiger partial charge in [-0.1, -0.05) is 46.3 Å². The monoisotopic (exact) mass is 353 g/mol. The molecule has 1 N–H and O–H groups in total. The molecule has 3 rings (SSSR count). The van der Waals surface area contributed by atoms with E-state index in [0.717, 1.165) is 37.6 Å². The Morgan fingerprint density at radius 3 is 2.41 bits per heavy atom. The van der Waals surface area contributed by atoms with Crippen molar-refractivity contribution in [2.45, 2.75) is 13.8 Å². The summed E-state index contributed by atoms with van der Waals surface area (Å²) in [5.74, 6) is 0.245. The average molecular weight is 354 g/mol. The molecule has 0 spiro atoms. The second-order valence-electron chi connectivity index (χ2n) is 5.37. The molecular formula is C19H16BrNO. The summed E-state index contributed by atoms with van der Waals surface area (Å²) in [7, 11) is 0. The molecule has 0 heterocycles. The maximum absolute atomic E-state index is 10.2. The Morgan fingerprint density at radius 2 is 1.68 bits per heavy atom. The molecule has 0 radical (unpaired) electrons. The lowest BCUT2D eigenvalue weighted by Crippen LogP contribution is -1.87. The van der Waals surface area contributed by atoms with Crippen LogP contribution in [0.1, 0.15) is 16.7 Å². The van der Waals surface area contributed by atoms with Gasteiger partial charge in [-0.15, -0.1) is 0 Å². The van der Waals surface area contributed by atoms with Crippen LogP contribution < -0.4 is 0 Å². The molecule has 0 unspecified atom stereocenters. The standard InChI is InChI=1S/C19H16BrNO/c1-12-9-15(20)10-13(2)19(12)21-11-17-16-6-4-3-5-14(16)7-8-18(17)22/h3-11,22H,1-2H3. The highest BCUT2D eigenvalue weighted by atomic mass is 79.9. The van der Waals surface area contributed by atoms with Gasteiger partial charge in [0.1, 0.15) is 5.75 Å². The number of aliphatic imine (C=N–C) groups is 1. The normalized spacial score (nSPS) is 11.4. The fourth-order valence-corrected chi connectivity index (χ4v) is 3.34. The lowest BCUT2D eigenvalue weighted by Gasteiger charge is -2.07. The van der Waals surface area contributed by atoms with Gasteiger partial charge in [-0.2, -0.15) is 0 Å². The van der Waals surface area contributed by atoms with Crippen LogP contribution in [0.4, 0.5) is 5.69 Å². The van der Waals surface area contributed by atoms with Crippen LogP contribution in [0.5, 0.6) is 5.75 Å². The third-order valence-electron chi connectivity index (χ3n) is 3.73. The van der Waals surface area contributed by atoms with E-state index in [4.69, 9.17) is 0 Å². The second kappa shape index (κ2) is 5.93. The van der Waals surface area contributed by atoms with Crippen LogP contribution in [-0.4, -0.2) is 11.3 Å². The molecule has 0 saturated carbocycles. The Morgan fingerprint density at radius 1 is 1.00 bits per heavy atom. The van der Waals surface area contributed by atoms with Crippen molar-refractivity contribution in [2.75, 3.05) is 0 Å². The zero-order valence-electron chi connectivity index (χ0n) is 12.5. The fraction of sp³-hybridized carbons (Fsp3) is 0.105. The van der Waals surface area contributed by atoms with Crippen LogP contribution in [0, 0.1) is 13.8 Å². The second-order valence-corrected chi connectivity index (χ2v) is 6.28. The highest BCUT2D eigenvalue weighted by Crippen LogP contribution is 2.30.